The van der Waals surface area contributed by atoms with E-state index in [0.717, 1.165) is 89.7 Å². The van der Waals surface area contributed by atoms with Crippen molar-refractivity contribution >= 4 is 102 Å². The fraction of sp³-hybridized carbons (Fsp3) is 0.595. The number of thiazole rings is 2. The third-order valence-corrected chi connectivity index (χ3v) is 22.5. The van der Waals surface area contributed by atoms with Gasteiger partial charge in [0.1, 0.15) is 84.1 Å². The molecule has 12 N–H and O–H groups in total. The van der Waals surface area contributed by atoms with E-state index in [1.54, 1.807) is 30.1 Å². The third kappa shape index (κ3) is 27.2. The van der Waals surface area contributed by atoms with Gasteiger partial charge in [0.2, 0.25) is 23.6 Å². The molecule has 30 nitrogen and oxygen atoms in total. The Kier molecular flexibility index (Phi) is 31.5. The number of carbonyl (C=O) groups is 8. The highest BCUT2D eigenvalue weighted by Crippen LogP contribution is 2.53. The topological polar surface area (TPSA) is 437 Å². The van der Waals surface area contributed by atoms with E-state index in [0.29, 0.717) is 115 Å². The number of nitrogens with two attached hydrogens (primary N) is 4. The number of rotatable bonds is 28. The monoisotopic (exact) mass is 1650 g/mol. The molecule has 14 atom stereocenters. The minimum absolute atomic E-state index is 0.000000000000000222. The fourth-order valence-corrected chi connectivity index (χ4v) is 16.5. The molecule has 6 heterocycles. The summed E-state index contributed by atoms with van der Waals surface area (Å²) in [5.74, 6) is 3.98. The second-order valence-corrected chi connectivity index (χ2v) is 35.8. The van der Waals surface area contributed by atoms with Gasteiger partial charge in [0, 0.05) is 97.8 Å². The van der Waals surface area contributed by atoms with Gasteiger partial charge >= 0.3 is 24.1 Å². The molecule has 0 radical (unpaired) electrons. The number of benzene rings is 2. The Labute approximate surface area is 686 Å². The Morgan fingerprint density at radius 3 is 1.22 bits per heavy atom. The van der Waals surface area contributed by atoms with Gasteiger partial charge in [0.15, 0.2) is 10.3 Å². The number of methoxy groups -OCH3 is 2. The van der Waals surface area contributed by atoms with Crippen molar-refractivity contribution in [3.05, 3.63) is 71.9 Å². The summed E-state index contributed by atoms with van der Waals surface area (Å²) < 4.78 is 44.5. The maximum absolute atomic E-state index is 13.1. The number of pyridine rings is 2. The van der Waals surface area contributed by atoms with Crippen molar-refractivity contribution in [2.24, 2.45) is 81.1 Å². The molecular weight excluding hydrogens is 1530 g/mol. The Balaban J connectivity index is 0.000000184. The van der Waals surface area contributed by atoms with E-state index >= 15 is 0 Å². The number of amides is 6. The van der Waals surface area contributed by atoms with Gasteiger partial charge < -0.3 is 91.5 Å². The molecule has 8 aliphatic rings. The number of nitrogens with one attached hydrogen (secondary N) is 2. The molecule has 2 saturated heterocycles. The molecule has 6 saturated carbocycles. The van der Waals surface area contributed by atoms with Crippen molar-refractivity contribution < 1.29 is 86.5 Å². The van der Waals surface area contributed by atoms with Gasteiger partial charge in [-0.1, -0.05) is 61.0 Å². The summed E-state index contributed by atoms with van der Waals surface area (Å²) in [5.41, 5.74) is 24.8. The smallest absolute Gasteiger partial charge is 0.404 e. The molecule has 634 valence electrons. The van der Waals surface area contributed by atoms with Crippen LogP contribution >= 0.6 is 22.7 Å². The molecule has 6 aromatic rings. The number of nitrogens with zero attached hydrogens (tertiary/aromatic N) is 6. The van der Waals surface area contributed by atoms with E-state index in [2.05, 4.69) is 44.9 Å². The molecule has 4 aromatic heterocycles. The first kappa shape index (κ1) is 90.3. The Bertz CT molecular complexity index is 4150. The van der Waals surface area contributed by atoms with Crippen molar-refractivity contribution in [2.75, 3.05) is 64.4 Å². The highest BCUT2D eigenvalue weighted by atomic mass is 32.1. The van der Waals surface area contributed by atoms with Crippen LogP contribution in [0, 0.1) is 58.2 Å². The first-order chi connectivity index (χ1) is 54.9. The second kappa shape index (κ2) is 40.5. The number of primary amides is 4. The molecule has 6 amide bonds. The van der Waals surface area contributed by atoms with Crippen molar-refractivity contribution in [3.8, 4) is 45.8 Å². The number of hydrogen-bond donors (Lipinski definition) is 8. The van der Waals surface area contributed by atoms with E-state index < -0.39 is 60.2 Å². The van der Waals surface area contributed by atoms with Crippen LogP contribution in [-0.2, 0) is 47.7 Å². The van der Waals surface area contributed by atoms with Crippen LogP contribution in [-0.4, -0.2) is 190 Å². The molecule has 0 spiro atoms. The van der Waals surface area contributed by atoms with Gasteiger partial charge in [-0.05, 0) is 150 Å². The number of fused-ring (bicyclic) bond motifs is 4. The SMILES string of the molecule is C=C[C@@H]1C[C@@H]1C(=O)O.CC[C@@H]1C[C@@H]1C(=O)O.COCCOc1ccc2c(O[C@@H]3C[C@@H](C(N)=O)N(C(=O)CC(C)(C)C)C3)cc(-c3csc(NC(C)C)n3)nc2c1.COCCOc1ccc2c(O[C@@H]3C[C@@H](C(N)=O)N(C(=O)CC(C)(C)C)C3)cc(-c3csc(NC(C)C)n3)nc2c1.NC(=O)OC1C[C@@H]2C[C@@H]2C1.NC(=O)OC1C[C@@H]2C[C@@H]2C1. The number of aromatic nitrogens is 4. The summed E-state index contributed by atoms with van der Waals surface area (Å²) in [5, 5.41) is 30.4. The van der Waals surface area contributed by atoms with Gasteiger partial charge in [-0.2, -0.15) is 0 Å². The van der Waals surface area contributed by atoms with Crippen LogP contribution in [0.4, 0.5) is 19.9 Å². The lowest BCUT2D eigenvalue weighted by Crippen LogP contribution is -2.44. The predicted octanol–water partition coefficient (Wildman–Crippen LogP) is 12.7. The number of carboxylic acids is 2. The lowest BCUT2D eigenvalue weighted by Gasteiger charge is -2.26. The standard InChI is InChI=1S/2C29H39N5O5S.2C7H11NO2.C6H10O2.C6H8O2/c2*1-17(2)31-28-33-23(16-40-28)22-13-25(20-8-7-18(11-21(20)32-22)38-10-9-37-6)39-19-12-24(27(30)36)34(15-19)26(35)14-29(3,4)5;2*8-7(9)10-6-2-4-1-5(4)3-6;2*1-2-4-3-5(4)6(7)8/h2*7-8,11,13,16-17,19,24H,9-10,12,14-15H2,1-6H3,(H2,30,36)(H,31,33);2*4-6H,1-3H2,(H2,8,9);4-5H,2-3H2,1H3,(H,7,8);2,4-5H,1,3H2,(H,7,8)/t2*19-,24+;2*4-,5+,6?;2*4-,5+/m11..11/s1. The second-order valence-electron chi connectivity index (χ2n) is 34.1. The van der Waals surface area contributed by atoms with Gasteiger partial charge in [-0.25, -0.2) is 29.5 Å². The van der Waals surface area contributed by atoms with Crippen LogP contribution < -0.4 is 52.5 Å². The maximum Gasteiger partial charge on any atom is 0.404 e. The van der Waals surface area contributed by atoms with Crippen molar-refractivity contribution in [1.29, 1.82) is 0 Å². The van der Waals surface area contributed by atoms with Gasteiger partial charge in [-0.15, -0.1) is 29.3 Å². The largest absolute Gasteiger partial charge is 0.491 e. The van der Waals surface area contributed by atoms with E-state index in [1.165, 1.54) is 35.5 Å². The molecule has 2 aliphatic heterocycles. The minimum Gasteiger partial charge on any atom is -0.491 e. The normalized spacial score (nSPS) is 24.1. The predicted molar refractivity (Wildman–Crippen MR) is 443 cm³/mol. The van der Waals surface area contributed by atoms with E-state index in [1.807, 2.05) is 108 Å². The number of carbonyl (C=O) groups excluding carboxylic acids is 6. The van der Waals surface area contributed by atoms with Crippen molar-refractivity contribution in [2.45, 2.75) is 208 Å². The van der Waals surface area contributed by atoms with Crippen LogP contribution in [0.2, 0.25) is 0 Å². The molecule has 2 aromatic carbocycles. The average molecular weight is 1650 g/mol. The highest BCUT2D eigenvalue weighted by Gasteiger charge is 2.49. The number of likely N-dealkylation sites (tertiary alicyclic amines) is 2. The molecule has 2 unspecified atom stereocenters. The summed E-state index contributed by atoms with van der Waals surface area (Å²) in [6, 6.07) is 14.0. The van der Waals surface area contributed by atoms with Crippen LogP contribution in [0.25, 0.3) is 44.6 Å². The first-order valence-electron chi connectivity index (χ1n) is 40.0. The van der Waals surface area contributed by atoms with Crippen LogP contribution in [0.1, 0.15) is 160 Å². The molecule has 0 bridgehead atoms. The number of hydrogen-bond acceptors (Lipinski definition) is 24. The number of anilines is 2. The zero-order valence-electron chi connectivity index (χ0n) is 69.0. The number of allylic oxidation sites excluding steroid dienone is 1. The highest BCUT2D eigenvalue weighted by molar-refractivity contribution is 7.14. The van der Waals surface area contributed by atoms with Crippen molar-refractivity contribution in [3.63, 3.8) is 0 Å². The van der Waals surface area contributed by atoms with Crippen LogP contribution in [0.5, 0.6) is 23.0 Å². The molecule has 14 rings (SSSR count). The first-order valence-corrected chi connectivity index (χ1v) is 41.7. The lowest BCUT2D eigenvalue weighted by molar-refractivity contribution is -0.139. The van der Waals surface area contributed by atoms with E-state index in [4.69, 9.17) is 91.0 Å². The number of aliphatic carboxylic acids is 2. The minimum atomic E-state index is -0.712. The number of carboxylic acid groups (broad SMARTS) is 2. The molecular formula is C84H118N12O18S2. The molecule has 32 heteroatoms. The van der Waals surface area contributed by atoms with E-state index in [9.17, 15) is 38.4 Å². The Morgan fingerprint density at radius 1 is 0.534 bits per heavy atom. The lowest BCUT2D eigenvalue weighted by atomic mass is 9.91. The molecule has 116 heavy (non-hydrogen) atoms. The summed E-state index contributed by atoms with van der Waals surface area (Å²) in [7, 11) is 3.25. The summed E-state index contributed by atoms with van der Waals surface area (Å²) in [4.78, 5) is 114. The quantitative estimate of drug-likeness (QED) is 0.0167. The van der Waals surface area contributed by atoms with Crippen molar-refractivity contribution in [1.82, 2.24) is 29.7 Å². The molecule has 6 aliphatic carbocycles. The molecule has 8 fully saturated rings. The number of ether oxygens (including phenoxy) is 8. The zero-order chi connectivity index (χ0) is 84.6. The Morgan fingerprint density at radius 2 is 0.931 bits per heavy atom. The maximum atomic E-state index is 13.1. The summed E-state index contributed by atoms with van der Waals surface area (Å²) in [6.45, 7) is 28.0. The van der Waals surface area contributed by atoms with Gasteiger partial charge in [0.05, 0.1) is 60.6 Å². The Hall–Kier alpha value is -9.66. The average Bonchev–Trinajstić information content (AvgIpc) is 1.32. The van der Waals surface area contributed by atoms with Crippen LogP contribution in [0.15, 0.2) is 71.9 Å². The third-order valence-electron chi connectivity index (χ3n) is 20.9. The summed E-state index contributed by atoms with van der Waals surface area (Å²) >= 11 is 3.02. The van der Waals surface area contributed by atoms with Crippen LogP contribution in [0.3, 0.4) is 0 Å². The van der Waals surface area contributed by atoms with Gasteiger partial charge in [-0.3, -0.25) is 28.8 Å². The fourth-order valence-electron chi connectivity index (χ4n) is 14.8. The van der Waals surface area contributed by atoms with E-state index in [-0.39, 0.29) is 77.8 Å². The zero-order valence-corrected chi connectivity index (χ0v) is 70.6. The van der Waals surface area contributed by atoms with Gasteiger partial charge in [0.25, 0.3) is 0 Å². The summed E-state index contributed by atoms with van der Waals surface area (Å²) in [6.07, 6.45) is 10.8.